The zero-order chi connectivity index (χ0) is 14.5. The summed E-state index contributed by atoms with van der Waals surface area (Å²) in [5.41, 5.74) is 2.02. The van der Waals surface area contributed by atoms with Crippen LogP contribution in [0.4, 0.5) is 5.69 Å². The van der Waals surface area contributed by atoms with Crippen molar-refractivity contribution in [2.75, 3.05) is 18.4 Å². The van der Waals surface area contributed by atoms with Crippen LogP contribution in [-0.4, -0.2) is 28.8 Å². The summed E-state index contributed by atoms with van der Waals surface area (Å²) in [7, 11) is 0. The van der Waals surface area contributed by atoms with Crippen LogP contribution in [-0.2, 0) is 11.3 Å². The Morgan fingerprint density at radius 2 is 2.24 bits per heavy atom. The summed E-state index contributed by atoms with van der Waals surface area (Å²) in [6, 6.07) is 9.85. The van der Waals surface area contributed by atoms with E-state index in [2.05, 4.69) is 15.7 Å². The molecule has 1 atom stereocenters. The van der Waals surface area contributed by atoms with E-state index in [0.29, 0.717) is 12.3 Å². The van der Waals surface area contributed by atoms with Gasteiger partial charge in [0.15, 0.2) is 0 Å². The van der Waals surface area contributed by atoms with Crippen molar-refractivity contribution in [1.82, 2.24) is 15.1 Å². The molecule has 0 aliphatic carbocycles. The third-order valence-corrected chi connectivity index (χ3v) is 3.78. The minimum Gasteiger partial charge on any atom is -0.326 e. The highest BCUT2D eigenvalue weighted by Crippen LogP contribution is 2.15. The summed E-state index contributed by atoms with van der Waals surface area (Å²) >= 11 is 0. The zero-order valence-electron chi connectivity index (χ0n) is 12.0. The summed E-state index contributed by atoms with van der Waals surface area (Å²) in [5.74, 6) is 0.576. The monoisotopic (exact) mass is 284 g/mol. The summed E-state index contributed by atoms with van der Waals surface area (Å²) in [6.45, 7) is 2.73. The van der Waals surface area contributed by atoms with Gasteiger partial charge in [0.25, 0.3) is 0 Å². The molecule has 0 radical (unpaired) electrons. The number of benzene rings is 1. The second-order valence-corrected chi connectivity index (χ2v) is 5.51. The molecular weight excluding hydrogens is 264 g/mol. The average Bonchev–Trinajstić information content (AvgIpc) is 3.14. The number of rotatable bonds is 5. The standard InChI is InChI=1S/C16H20N4O/c21-16(10-14-6-8-17-11-14)19-15-4-2-13(3-5-15)12-20-9-1-7-18-20/h1-5,7,9,14,17H,6,8,10-12H2,(H,19,21). The Hall–Kier alpha value is -2.14. The molecule has 1 aliphatic rings. The van der Waals surface area contributed by atoms with Gasteiger partial charge in [-0.25, -0.2) is 0 Å². The Morgan fingerprint density at radius 3 is 2.90 bits per heavy atom. The van der Waals surface area contributed by atoms with Crippen LogP contribution < -0.4 is 10.6 Å². The molecule has 1 fully saturated rings. The normalized spacial score (nSPS) is 17.8. The van der Waals surface area contributed by atoms with Crippen LogP contribution in [0.2, 0.25) is 0 Å². The van der Waals surface area contributed by atoms with Crippen LogP contribution in [0.5, 0.6) is 0 Å². The molecule has 1 aromatic heterocycles. The quantitative estimate of drug-likeness (QED) is 0.881. The molecule has 21 heavy (non-hydrogen) atoms. The number of hydrogen-bond acceptors (Lipinski definition) is 3. The fourth-order valence-corrected chi connectivity index (χ4v) is 2.64. The highest BCUT2D eigenvalue weighted by molar-refractivity contribution is 5.90. The van der Waals surface area contributed by atoms with Crippen molar-refractivity contribution >= 4 is 11.6 Å². The Kier molecular flexibility index (Phi) is 4.31. The first-order valence-corrected chi connectivity index (χ1v) is 7.36. The van der Waals surface area contributed by atoms with Crippen LogP contribution in [0, 0.1) is 5.92 Å². The molecule has 5 heteroatoms. The molecule has 1 saturated heterocycles. The topological polar surface area (TPSA) is 59.0 Å². The summed E-state index contributed by atoms with van der Waals surface area (Å²) in [6.07, 6.45) is 5.40. The third-order valence-electron chi connectivity index (χ3n) is 3.78. The summed E-state index contributed by atoms with van der Waals surface area (Å²) in [5, 5.41) is 10.4. The van der Waals surface area contributed by atoms with E-state index in [0.717, 1.165) is 37.3 Å². The molecular formula is C16H20N4O. The van der Waals surface area contributed by atoms with E-state index in [4.69, 9.17) is 0 Å². The van der Waals surface area contributed by atoms with Crippen LogP contribution in [0.3, 0.4) is 0 Å². The minimum atomic E-state index is 0.100. The van der Waals surface area contributed by atoms with Gasteiger partial charge in [0.05, 0.1) is 6.54 Å². The molecule has 1 aliphatic heterocycles. The number of aromatic nitrogens is 2. The molecule has 2 N–H and O–H groups in total. The van der Waals surface area contributed by atoms with Crippen molar-refractivity contribution in [3.63, 3.8) is 0 Å². The molecule has 110 valence electrons. The average molecular weight is 284 g/mol. The number of carbonyl (C=O) groups is 1. The van der Waals surface area contributed by atoms with Crippen LogP contribution in [0.25, 0.3) is 0 Å². The Labute approximate surface area is 124 Å². The minimum absolute atomic E-state index is 0.100. The maximum atomic E-state index is 12.0. The van der Waals surface area contributed by atoms with Gasteiger partial charge in [-0.3, -0.25) is 9.48 Å². The van der Waals surface area contributed by atoms with E-state index in [1.165, 1.54) is 0 Å². The van der Waals surface area contributed by atoms with E-state index in [9.17, 15) is 4.79 Å². The van der Waals surface area contributed by atoms with E-state index in [1.54, 1.807) is 6.20 Å². The van der Waals surface area contributed by atoms with Crippen molar-refractivity contribution in [1.29, 1.82) is 0 Å². The molecule has 5 nitrogen and oxygen atoms in total. The molecule has 0 spiro atoms. The van der Waals surface area contributed by atoms with Gasteiger partial charge in [-0.1, -0.05) is 12.1 Å². The van der Waals surface area contributed by atoms with E-state index in [1.807, 2.05) is 41.2 Å². The Balaban J connectivity index is 1.52. The molecule has 1 unspecified atom stereocenters. The number of nitrogens with zero attached hydrogens (tertiary/aromatic N) is 2. The van der Waals surface area contributed by atoms with Gasteiger partial charge in [-0.2, -0.15) is 5.10 Å². The lowest BCUT2D eigenvalue weighted by Crippen LogP contribution is -2.18. The van der Waals surface area contributed by atoms with Crippen molar-refractivity contribution in [2.45, 2.75) is 19.4 Å². The van der Waals surface area contributed by atoms with E-state index >= 15 is 0 Å². The molecule has 2 aromatic rings. The lowest BCUT2D eigenvalue weighted by molar-refractivity contribution is -0.116. The fourth-order valence-electron chi connectivity index (χ4n) is 2.64. The number of amides is 1. The molecule has 2 heterocycles. The predicted molar refractivity (Wildman–Crippen MR) is 82.0 cm³/mol. The van der Waals surface area contributed by atoms with Gasteiger partial charge in [0, 0.05) is 24.5 Å². The second kappa shape index (κ2) is 6.54. The number of carbonyl (C=O) groups excluding carboxylic acids is 1. The van der Waals surface area contributed by atoms with Gasteiger partial charge in [0.1, 0.15) is 0 Å². The smallest absolute Gasteiger partial charge is 0.224 e. The molecule has 1 aromatic carbocycles. The second-order valence-electron chi connectivity index (χ2n) is 5.51. The summed E-state index contributed by atoms with van der Waals surface area (Å²) < 4.78 is 1.88. The largest absolute Gasteiger partial charge is 0.326 e. The van der Waals surface area contributed by atoms with Crippen molar-refractivity contribution in [2.24, 2.45) is 5.92 Å². The van der Waals surface area contributed by atoms with E-state index < -0.39 is 0 Å². The Bertz CT molecular complexity index is 571. The highest BCUT2D eigenvalue weighted by Gasteiger charge is 2.17. The van der Waals surface area contributed by atoms with Crippen molar-refractivity contribution in [3.05, 3.63) is 48.3 Å². The molecule has 0 bridgehead atoms. The lowest BCUT2D eigenvalue weighted by Gasteiger charge is -2.10. The highest BCUT2D eigenvalue weighted by atomic mass is 16.1. The van der Waals surface area contributed by atoms with Crippen LogP contribution in [0.15, 0.2) is 42.7 Å². The van der Waals surface area contributed by atoms with Crippen molar-refractivity contribution in [3.8, 4) is 0 Å². The fraction of sp³-hybridized carbons (Fsp3) is 0.375. The van der Waals surface area contributed by atoms with Crippen LogP contribution >= 0.6 is 0 Å². The molecule has 0 saturated carbocycles. The van der Waals surface area contributed by atoms with Gasteiger partial charge < -0.3 is 10.6 Å². The third kappa shape index (κ3) is 3.92. The SMILES string of the molecule is O=C(CC1CCNC1)Nc1ccc(Cn2cccn2)cc1. The van der Waals surface area contributed by atoms with Crippen LogP contribution in [0.1, 0.15) is 18.4 Å². The first kappa shape index (κ1) is 13.8. The Morgan fingerprint density at radius 1 is 1.38 bits per heavy atom. The molecule has 3 rings (SSSR count). The first-order valence-electron chi connectivity index (χ1n) is 7.36. The maximum absolute atomic E-state index is 12.0. The number of nitrogens with one attached hydrogen (secondary N) is 2. The number of anilines is 1. The van der Waals surface area contributed by atoms with Gasteiger partial charge in [0.2, 0.25) is 5.91 Å². The maximum Gasteiger partial charge on any atom is 0.224 e. The summed E-state index contributed by atoms with van der Waals surface area (Å²) in [4.78, 5) is 12.0. The first-order chi connectivity index (χ1) is 10.3. The van der Waals surface area contributed by atoms with Gasteiger partial charge >= 0.3 is 0 Å². The van der Waals surface area contributed by atoms with E-state index in [-0.39, 0.29) is 5.91 Å². The predicted octanol–water partition coefficient (Wildman–Crippen LogP) is 1.87. The van der Waals surface area contributed by atoms with Crippen molar-refractivity contribution < 1.29 is 4.79 Å². The zero-order valence-corrected chi connectivity index (χ0v) is 12.0. The van der Waals surface area contributed by atoms with Gasteiger partial charge in [-0.05, 0) is 49.2 Å². The van der Waals surface area contributed by atoms with Gasteiger partial charge in [-0.15, -0.1) is 0 Å². The lowest BCUT2D eigenvalue weighted by atomic mass is 10.0. The molecule has 1 amide bonds. The number of hydrogen-bond donors (Lipinski definition) is 2.